The predicted octanol–water partition coefficient (Wildman–Crippen LogP) is 1.72. The lowest BCUT2D eigenvalue weighted by Crippen LogP contribution is -2.35. The Bertz CT molecular complexity index is 408. The summed E-state index contributed by atoms with van der Waals surface area (Å²) in [5.74, 6) is -1.90. The molecular formula is C13H17F2NO2. The standard InChI is InChI=1S/C13H17F2NO2/c1-16(9-5-6-18-8-9)7-12(17)10-3-2-4-11(14)13(10)15/h2-4,9,12,17H,5-8H2,1H3. The first kappa shape index (κ1) is 13.4. The molecule has 100 valence electrons. The second kappa shape index (κ2) is 5.73. The molecule has 0 aliphatic carbocycles. The van der Waals surface area contributed by atoms with E-state index in [1.807, 2.05) is 11.9 Å². The van der Waals surface area contributed by atoms with Gasteiger partial charge in [0, 0.05) is 24.8 Å². The van der Waals surface area contributed by atoms with Gasteiger partial charge in [-0.05, 0) is 19.5 Å². The Kier molecular flexibility index (Phi) is 4.27. The van der Waals surface area contributed by atoms with Crippen LogP contribution in [0.2, 0.25) is 0 Å². The Hall–Kier alpha value is -1.04. The molecular weight excluding hydrogens is 240 g/mol. The molecule has 1 aliphatic rings. The molecule has 18 heavy (non-hydrogen) atoms. The predicted molar refractivity (Wildman–Crippen MR) is 63.2 cm³/mol. The first-order chi connectivity index (χ1) is 8.59. The van der Waals surface area contributed by atoms with Crippen LogP contribution in [0.15, 0.2) is 18.2 Å². The van der Waals surface area contributed by atoms with E-state index in [9.17, 15) is 13.9 Å². The lowest BCUT2D eigenvalue weighted by atomic mass is 10.1. The lowest BCUT2D eigenvalue weighted by Gasteiger charge is -2.25. The van der Waals surface area contributed by atoms with E-state index in [0.29, 0.717) is 13.2 Å². The molecule has 2 rings (SSSR count). The Morgan fingerprint density at radius 3 is 2.94 bits per heavy atom. The highest BCUT2D eigenvalue weighted by atomic mass is 19.2. The highest BCUT2D eigenvalue weighted by molar-refractivity contribution is 5.21. The summed E-state index contributed by atoms with van der Waals surface area (Å²) in [5.41, 5.74) is 0.000709. The zero-order valence-corrected chi connectivity index (χ0v) is 10.3. The van der Waals surface area contributed by atoms with Gasteiger partial charge in [0.05, 0.1) is 12.7 Å². The molecule has 3 nitrogen and oxygen atoms in total. The molecule has 5 heteroatoms. The van der Waals surface area contributed by atoms with E-state index in [1.54, 1.807) is 0 Å². The highest BCUT2D eigenvalue weighted by Crippen LogP contribution is 2.21. The minimum absolute atomic E-state index is 0.000709. The Balaban J connectivity index is 2.02. The van der Waals surface area contributed by atoms with E-state index >= 15 is 0 Å². The Morgan fingerprint density at radius 2 is 2.28 bits per heavy atom. The number of rotatable bonds is 4. The molecule has 2 atom stereocenters. The lowest BCUT2D eigenvalue weighted by molar-refractivity contribution is 0.0923. The molecule has 1 fully saturated rings. The van der Waals surface area contributed by atoms with Gasteiger partial charge in [0.1, 0.15) is 0 Å². The summed E-state index contributed by atoms with van der Waals surface area (Å²) in [4.78, 5) is 1.92. The molecule has 2 unspecified atom stereocenters. The van der Waals surface area contributed by atoms with Crippen molar-refractivity contribution in [2.75, 3.05) is 26.8 Å². The molecule has 1 N–H and O–H groups in total. The third-order valence-electron chi connectivity index (χ3n) is 3.33. The van der Waals surface area contributed by atoms with Crippen molar-refractivity contribution in [1.29, 1.82) is 0 Å². The van der Waals surface area contributed by atoms with Gasteiger partial charge in [0.25, 0.3) is 0 Å². The average molecular weight is 257 g/mol. The van der Waals surface area contributed by atoms with Crippen LogP contribution in [0.4, 0.5) is 8.78 Å². The first-order valence-corrected chi connectivity index (χ1v) is 5.99. The molecule has 1 heterocycles. The van der Waals surface area contributed by atoms with E-state index in [4.69, 9.17) is 4.74 Å². The van der Waals surface area contributed by atoms with Gasteiger partial charge in [-0.1, -0.05) is 12.1 Å². The number of nitrogens with zero attached hydrogens (tertiary/aromatic N) is 1. The van der Waals surface area contributed by atoms with Crippen molar-refractivity contribution in [3.8, 4) is 0 Å². The van der Waals surface area contributed by atoms with E-state index in [0.717, 1.165) is 12.5 Å². The van der Waals surface area contributed by atoms with Crippen LogP contribution in [0, 0.1) is 11.6 Å². The summed E-state index contributed by atoms with van der Waals surface area (Å²) in [6, 6.07) is 4.08. The Morgan fingerprint density at radius 1 is 1.50 bits per heavy atom. The fourth-order valence-electron chi connectivity index (χ4n) is 2.17. The van der Waals surface area contributed by atoms with Crippen LogP contribution in [-0.2, 0) is 4.74 Å². The van der Waals surface area contributed by atoms with E-state index in [2.05, 4.69) is 0 Å². The molecule has 0 bridgehead atoms. The number of hydrogen-bond donors (Lipinski definition) is 1. The maximum Gasteiger partial charge on any atom is 0.164 e. The third-order valence-corrected chi connectivity index (χ3v) is 3.33. The minimum Gasteiger partial charge on any atom is -0.387 e. The van der Waals surface area contributed by atoms with Crippen molar-refractivity contribution in [3.05, 3.63) is 35.4 Å². The van der Waals surface area contributed by atoms with Crippen LogP contribution in [0.3, 0.4) is 0 Å². The second-order valence-electron chi connectivity index (χ2n) is 4.62. The molecule has 0 saturated carbocycles. The second-order valence-corrected chi connectivity index (χ2v) is 4.62. The van der Waals surface area contributed by atoms with Gasteiger partial charge in [0.2, 0.25) is 0 Å². The largest absolute Gasteiger partial charge is 0.387 e. The number of ether oxygens (including phenoxy) is 1. The van der Waals surface area contributed by atoms with Crippen LogP contribution >= 0.6 is 0 Å². The smallest absolute Gasteiger partial charge is 0.164 e. The van der Waals surface area contributed by atoms with E-state index in [-0.39, 0.29) is 18.2 Å². The fraction of sp³-hybridized carbons (Fsp3) is 0.538. The Labute approximate surface area is 105 Å². The zero-order chi connectivity index (χ0) is 13.1. The summed E-state index contributed by atoms with van der Waals surface area (Å²) < 4.78 is 31.8. The van der Waals surface area contributed by atoms with Crippen molar-refractivity contribution in [2.24, 2.45) is 0 Å². The van der Waals surface area contributed by atoms with Gasteiger partial charge in [-0.15, -0.1) is 0 Å². The van der Waals surface area contributed by atoms with Crippen LogP contribution in [0.25, 0.3) is 0 Å². The SMILES string of the molecule is CN(CC(O)c1cccc(F)c1F)C1CCOC1. The normalized spacial score (nSPS) is 21.5. The quantitative estimate of drug-likeness (QED) is 0.891. The van der Waals surface area contributed by atoms with Crippen molar-refractivity contribution < 1.29 is 18.6 Å². The molecule has 1 saturated heterocycles. The van der Waals surface area contributed by atoms with Crippen LogP contribution in [0.5, 0.6) is 0 Å². The molecule has 0 amide bonds. The molecule has 0 spiro atoms. The highest BCUT2D eigenvalue weighted by Gasteiger charge is 2.24. The zero-order valence-electron chi connectivity index (χ0n) is 10.3. The molecule has 1 aliphatic heterocycles. The maximum absolute atomic E-state index is 13.5. The third kappa shape index (κ3) is 2.85. The van der Waals surface area contributed by atoms with Crippen LogP contribution < -0.4 is 0 Å². The minimum atomic E-state index is -1.04. The number of halogens is 2. The van der Waals surface area contributed by atoms with Crippen molar-refractivity contribution in [3.63, 3.8) is 0 Å². The van der Waals surface area contributed by atoms with Crippen molar-refractivity contribution in [2.45, 2.75) is 18.6 Å². The topological polar surface area (TPSA) is 32.7 Å². The maximum atomic E-state index is 13.5. The van der Waals surface area contributed by atoms with Gasteiger partial charge in [-0.25, -0.2) is 8.78 Å². The number of likely N-dealkylation sites (N-methyl/N-ethyl adjacent to an activating group) is 1. The molecule has 0 aromatic heterocycles. The fourth-order valence-corrected chi connectivity index (χ4v) is 2.17. The number of aliphatic hydroxyl groups is 1. The summed E-state index contributed by atoms with van der Waals surface area (Å²) in [6.45, 7) is 1.59. The average Bonchev–Trinajstić information content (AvgIpc) is 2.86. The summed E-state index contributed by atoms with van der Waals surface area (Å²) in [7, 11) is 1.85. The van der Waals surface area contributed by atoms with Crippen molar-refractivity contribution >= 4 is 0 Å². The molecule has 0 radical (unpaired) electrons. The van der Waals surface area contributed by atoms with Gasteiger partial charge in [0.15, 0.2) is 11.6 Å². The monoisotopic (exact) mass is 257 g/mol. The summed E-state index contributed by atoms with van der Waals surface area (Å²) in [5, 5.41) is 9.97. The van der Waals surface area contributed by atoms with Crippen LogP contribution in [0.1, 0.15) is 18.1 Å². The molecule has 1 aromatic carbocycles. The van der Waals surface area contributed by atoms with Crippen molar-refractivity contribution in [1.82, 2.24) is 4.90 Å². The van der Waals surface area contributed by atoms with Gasteiger partial charge in [-0.3, -0.25) is 4.90 Å². The first-order valence-electron chi connectivity index (χ1n) is 5.99. The van der Waals surface area contributed by atoms with E-state index < -0.39 is 17.7 Å². The number of hydrogen-bond acceptors (Lipinski definition) is 3. The van der Waals surface area contributed by atoms with Gasteiger partial charge >= 0.3 is 0 Å². The summed E-state index contributed by atoms with van der Waals surface area (Å²) in [6.07, 6.45) is -0.138. The van der Waals surface area contributed by atoms with Gasteiger partial charge < -0.3 is 9.84 Å². The number of benzene rings is 1. The van der Waals surface area contributed by atoms with E-state index in [1.165, 1.54) is 12.1 Å². The number of aliphatic hydroxyl groups excluding tert-OH is 1. The summed E-state index contributed by atoms with van der Waals surface area (Å²) >= 11 is 0. The van der Waals surface area contributed by atoms with Gasteiger partial charge in [-0.2, -0.15) is 0 Å². The molecule has 1 aromatic rings. The van der Waals surface area contributed by atoms with Crippen LogP contribution in [-0.4, -0.2) is 42.9 Å².